The molecule has 0 radical (unpaired) electrons. The molecule has 50 heavy (non-hydrogen) atoms. The van der Waals surface area contributed by atoms with Gasteiger partial charge in [0, 0.05) is 80.5 Å². The predicted octanol–water partition coefficient (Wildman–Crippen LogP) is 7.38. The van der Waals surface area contributed by atoms with E-state index in [-0.39, 0.29) is 21.4 Å². The molecule has 2 N–H and O–H groups in total. The van der Waals surface area contributed by atoms with E-state index in [0.29, 0.717) is 0 Å². The number of benzene rings is 5. The highest BCUT2D eigenvalue weighted by atomic mass is 32.2. The number of nitrogens with zero attached hydrogens (tertiary/aromatic N) is 2. The van der Waals surface area contributed by atoms with Crippen molar-refractivity contribution in [2.45, 2.75) is 0 Å². The van der Waals surface area contributed by atoms with Crippen LogP contribution in [-0.4, -0.2) is 55.5 Å². The van der Waals surface area contributed by atoms with Gasteiger partial charge in [0.15, 0.2) is 10.2 Å². The fraction of sp³-hybridized carbons (Fsp3) is 0.105. The molecule has 0 saturated heterocycles. The predicted molar refractivity (Wildman–Crippen MR) is 217 cm³/mol. The van der Waals surface area contributed by atoms with Gasteiger partial charge in [0.2, 0.25) is 0 Å². The van der Waals surface area contributed by atoms with Crippen molar-refractivity contribution in [1.29, 1.82) is 0 Å². The van der Waals surface area contributed by atoms with E-state index in [0.717, 1.165) is 22.7 Å². The Balaban J connectivity index is 0.000000764. The first-order chi connectivity index (χ1) is 24.0. The lowest BCUT2D eigenvalue weighted by Crippen LogP contribution is -2.41. The van der Waals surface area contributed by atoms with Crippen molar-refractivity contribution in [1.82, 2.24) is 10.6 Å². The summed E-state index contributed by atoms with van der Waals surface area (Å²) in [7, 11) is -1.22. The van der Waals surface area contributed by atoms with Crippen molar-refractivity contribution < 1.29 is 18.0 Å². The van der Waals surface area contributed by atoms with Crippen LogP contribution in [0.3, 0.4) is 0 Å². The highest BCUT2D eigenvalue weighted by Gasteiger charge is 2.20. The summed E-state index contributed by atoms with van der Waals surface area (Å²) in [5.41, 5.74) is 3.77. The summed E-state index contributed by atoms with van der Waals surface area (Å²) in [6, 6.07) is 44.6. The minimum Gasteiger partial charge on any atom is -0.298 e. The SMILES string of the molecule is CS(C)=O.CS(C)=O.O=C(NC(=S)N(c1ccccc1)c1ccccc1)c1cccc(C(=O)NC(=S)N(c2ccccc2)c2ccccc2)c1. The van der Waals surface area contributed by atoms with Gasteiger partial charge in [-0.15, -0.1) is 0 Å². The lowest BCUT2D eigenvalue weighted by atomic mass is 10.1. The smallest absolute Gasteiger partial charge is 0.257 e. The van der Waals surface area contributed by atoms with Crippen molar-refractivity contribution in [2.75, 3.05) is 34.8 Å². The van der Waals surface area contributed by atoms with Crippen LogP contribution in [0.15, 0.2) is 146 Å². The molecule has 0 aliphatic rings. The van der Waals surface area contributed by atoms with Crippen LogP contribution in [0, 0.1) is 0 Å². The van der Waals surface area contributed by atoms with Crippen LogP contribution in [0.4, 0.5) is 22.7 Å². The van der Waals surface area contributed by atoms with E-state index in [4.69, 9.17) is 24.4 Å². The summed E-state index contributed by atoms with van der Waals surface area (Å²) < 4.78 is 19.1. The zero-order valence-corrected chi connectivity index (χ0v) is 31.3. The molecule has 5 aromatic carbocycles. The van der Waals surface area contributed by atoms with Gasteiger partial charge in [-0.25, -0.2) is 0 Å². The van der Waals surface area contributed by atoms with Crippen LogP contribution in [0.5, 0.6) is 0 Å². The molecule has 12 heteroatoms. The average Bonchev–Trinajstić information content (AvgIpc) is 3.10. The molecule has 5 rings (SSSR count). The zero-order valence-electron chi connectivity index (χ0n) is 28.0. The minimum absolute atomic E-state index is 0.204. The van der Waals surface area contributed by atoms with Crippen LogP contribution >= 0.6 is 24.4 Å². The van der Waals surface area contributed by atoms with Crippen molar-refractivity contribution in [3.8, 4) is 0 Å². The molecule has 0 aliphatic carbocycles. The third kappa shape index (κ3) is 12.9. The Morgan fingerprint density at radius 3 is 0.940 bits per heavy atom. The van der Waals surface area contributed by atoms with Crippen molar-refractivity contribution in [3.63, 3.8) is 0 Å². The zero-order chi connectivity index (χ0) is 36.5. The van der Waals surface area contributed by atoms with Gasteiger partial charge in [-0.05, 0) is 91.2 Å². The fourth-order valence-electron chi connectivity index (χ4n) is 4.33. The average molecular weight is 743 g/mol. The van der Waals surface area contributed by atoms with E-state index in [9.17, 15) is 18.0 Å². The molecule has 0 fully saturated rings. The van der Waals surface area contributed by atoms with E-state index >= 15 is 0 Å². The van der Waals surface area contributed by atoms with Gasteiger partial charge in [0.25, 0.3) is 11.8 Å². The largest absolute Gasteiger partial charge is 0.298 e. The van der Waals surface area contributed by atoms with E-state index in [2.05, 4.69) is 10.6 Å². The molecule has 0 saturated carbocycles. The van der Waals surface area contributed by atoms with E-state index in [1.165, 1.54) is 6.07 Å². The molecule has 0 bridgehead atoms. The number of rotatable bonds is 6. The molecular weight excluding hydrogens is 705 g/mol. The Morgan fingerprint density at radius 2 is 0.700 bits per heavy atom. The Labute approximate surface area is 309 Å². The molecule has 8 nitrogen and oxygen atoms in total. The highest BCUT2D eigenvalue weighted by molar-refractivity contribution is 7.83. The monoisotopic (exact) mass is 742 g/mol. The molecule has 5 aromatic rings. The maximum absolute atomic E-state index is 13.3. The number of hydrogen-bond donors (Lipinski definition) is 2. The summed E-state index contributed by atoms with van der Waals surface area (Å²) >= 11 is 11.3. The Morgan fingerprint density at radius 1 is 0.460 bits per heavy atom. The third-order valence-corrected chi connectivity index (χ3v) is 6.86. The van der Waals surface area contributed by atoms with E-state index in [1.807, 2.05) is 121 Å². The number of nitrogens with one attached hydrogen (secondary N) is 2. The van der Waals surface area contributed by atoms with Crippen molar-refractivity contribution in [2.24, 2.45) is 0 Å². The summed E-state index contributed by atoms with van der Waals surface area (Å²) in [6.07, 6.45) is 6.56. The second-order valence-corrected chi connectivity index (χ2v) is 14.3. The van der Waals surface area contributed by atoms with Crippen LogP contribution in [0.2, 0.25) is 0 Å². The van der Waals surface area contributed by atoms with Gasteiger partial charge in [-0.3, -0.25) is 38.4 Å². The van der Waals surface area contributed by atoms with Crippen LogP contribution < -0.4 is 20.4 Å². The van der Waals surface area contributed by atoms with E-state index in [1.54, 1.807) is 53.0 Å². The molecule has 0 unspecified atom stereocenters. The fourth-order valence-corrected chi connectivity index (χ4v) is 4.93. The Bertz CT molecular complexity index is 1690. The topological polar surface area (TPSA) is 98.8 Å². The van der Waals surface area contributed by atoms with Gasteiger partial charge < -0.3 is 0 Å². The lowest BCUT2D eigenvalue weighted by Gasteiger charge is -2.26. The summed E-state index contributed by atoms with van der Waals surface area (Å²) in [5, 5.41) is 6.04. The number of carbonyl (C=O) groups is 2. The molecular formula is C38H38N4O4S4. The number of anilines is 4. The number of amides is 2. The first-order valence-electron chi connectivity index (χ1n) is 15.1. The molecule has 0 heterocycles. The Kier molecular flexibility index (Phi) is 16.3. The van der Waals surface area contributed by atoms with Gasteiger partial charge >= 0.3 is 0 Å². The Hall–Kier alpha value is -4.88. The van der Waals surface area contributed by atoms with Crippen LogP contribution in [-0.2, 0) is 21.6 Å². The molecule has 0 atom stereocenters. The van der Waals surface area contributed by atoms with Crippen molar-refractivity contribution >= 4 is 90.8 Å². The number of para-hydroxylation sites is 4. The normalized spacial score (nSPS) is 10.0. The summed E-state index contributed by atoms with van der Waals surface area (Å²) in [4.78, 5) is 30.2. The third-order valence-electron chi connectivity index (χ3n) is 6.29. The van der Waals surface area contributed by atoms with Crippen LogP contribution in [0.25, 0.3) is 0 Å². The summed E-state index contributed by atoms with van der Waals surface area (Å²) in [5.74, 6) is -0.881. The summed E-state index contributed by atoms with van der Waals surface area (Å²) in [6.45, 7) is 0. The number of thiocarbonyl (C=S) groups is 2. The molecule has 0 aromatic heterocycles. The number of carbonyl (C=O) groups excluding carboxylic acids is 2. The van der Waals surface area contributed by atoms with Gasteiger partial charge in [0.05, 0.1) is 0 Å². The first-order valence-corrected chi connectivity index (χ1v) is 19.8. The standard InChI is InChI=1S/C34H26N4O2S2.2C2H6OS/c39-31(35-33(41)37(27-16-5-1-6-17-27)28-18-7-2-8-19-28)25-14-13-15-26(24-25)32(40)36-34(42)38(29-20-9-3-10-21-29)30-22-11-4-12-23-30;2*1-4(2)3/h1-24H,(H,35,39,41)(H,36,40,42);2*1-2H3. The second kappa shape index (κ2) is 20.6. The second-order valence-electron chi connectivity index (χ2n) is 10.6. The molecule has 0 spiro atoms. The van der Waals surface area contributed by atoms with E-state index < -0.39 is 33.4 Å². The number of hydrogen-bond acceptors (Lipinski definition) is 6. The van der Waals surface area contributed by atoms with Gasteiger partial charge in [0.1, 0.15) is 0 Å². The quantitative estimate of drug-likeness (QED) is 0.174. The molecule has 0 aliphatic heterocycles. The highest BCUT2D eigenvalue weighted by Crippen LogP contribution is 2.26. The minimum atomic E-state index is -0.611. The lowest BCUT2D eigenvalue weighted by molar-refractivity contribution is 0.0976. The molecule has 258 valence electrons. The van der Waals surface area contributed by atoms with Crippen molar-refractivity contribution in [3.05, 3.63) is 157 Å². The van der Waals surface area contributed by atoms with Gasteiger partial charge in [-0.2, -0.15) is 0 Å². The van der Waals surface area contributed by atoms with Crippen LogP contribution in [0.1, 0.15) is 20.7 Å². The maximum atomic E-state index is 13.3. The van der Waals surface area contributed by atoms with Gasteiger partial charge in [-0.1, -0.05) is 78.9 Å². The molecule has 2 amide bonds. The maximum Gasteiger partial charge on any atom is 0.257 e. The first kappa shape index (κ1) is 39.6.